The average molecular weight is 312 g/mol. The largest absolute Gasteiger partial charge is 0.373 e. The van der Waals surface area contributed by atoms with E-state index in [9.17, 15) is 13.2 Å². The first-order valence-electron chi connectivity index (χ1n) is 6.82. The van der Waals surface area contributed by atoms with Gasteiger partial charge >= 0.3 is 10.2 Å². The zero-order valence-electron chi connectivity index (χ0n) is 12.4. The molecule has 0 aromatic heterocycles. The van der Waals surface area contributed by atoms with Gasteiger partial charge in [-0.05, 0) is 32.9 Å². The molecule has 1 aromatic rings. The number of nitrogens with one attached hydrogen (secondary N) is 1. The molecule has 1 heterocycles. The smallest absolute Gasteiger partial charge is 0.301 e. The zero-order valence-corrected chi connectivity index (χ0v) is 13.2. The van der Waals surface area contributed by atoms with Gasteiger partial charge in [0, 0.05) is 18.7 Å². The van der Waals surface area contributed by atoms with Gasteiger partial charge < -0.3 is 4.74 Å². The summed E-state index contributed by atoms with van der Waals surface area (Å²) in [6, 6.07) is 6.46. The van der Waals surface area contributed by atoms with Crippen LogP contribution in [-0.2, 0) is 14.9 Å². The fraction of sp³-hybridized carbons (Fsp3) is 0.500. The number of carbonyl (C=O) groups excluding carboxylic acids is 1. The second-order valence-corrected chi connectivity index (χ2v) is 6.99. The summed E-state index contributed by atoms with van der Waals surface area (Å²) in [6.07, 6.45) is -0.289. The van der Waals surface area contributed by atoms with E-state index < -0.39 is 10.2 Å². The monoisotopic (exact) mass is 312 g/mol. The number of nitrogens with zero attached hydrogens (tertiary/aromatic N) is 1. The number of carbonyl (C=O) groups is 1. The molecule has 21 heavy (non-hydrogen) atoms. The number of benzene rings is 1. The molecule has 2 unspecified atom stereocenters. The molecule has 6 nitrogen and oxygen atoms in total. The number of rotatable bonds is 4. The second-order valence-electron chi connectivity index (χ2n) is 5.32. The van der Waals surface area contributed by atoms with Crippen LogP contribution < -0.4 is 4.72 Å². The molecule has 2 atom stereocenters. The van der Waals surface area contributed by atoms with Gasteiger partial charge in [0.15, 0.2) is 5.78 Å². The molecule has 2 rings (SSSR count). The van der Waals surface area contributed by atoms with E-state index in [0.29, 0.717) is 24.3 Å². The van der Waals surface area contributed by atoms with Crippen LogP contribution in [0.5, 0.6) is 0 Å². The third-order valence-corrected chi connectivity index (χ3v) is 4.71. The molecule has 0 spiro atoms. The lowest BCUT2D eigenvalue weighted by molar-refractivity contribution is -0.0439. The van der Waals surface area contributed by atoms with E-state index in [1.165, 1.54) is 17.3 Å². The summed E-state index contributed by atoms with van der Waals surface area (Å²) in [7, 11) is -3.65. The molecular formula is C14H20N2O4S. The Kier molecular flexibility index (Phi) is 4.65. The predicted octanol–water partition coefficient (Wildman–Crippen LogP) is 1.66. The summed E-state index contributed by atoms with van der Waals surface area (Å²) in [5, 5.41) is 0. The van der Waals surface area contributed by atoms with Crippen molar-refractivity contribution >= 4 is 21.7 Å². The van der Waals surface area contributed by atoms with E-state index in [1.54, 1.807) is 18.2 Å². The van der Waals surface area contributed by atoms with Gasteiger partial charge in [-0.2, -0.15) is 12.7 Å². The topological polar surface area (TPSA) is 75.7 Å². The molecule has 0 amide bonds. The molecule has 1 aromatic carbocycles. The van der Waals surface area contributed by atoms with Crippen molar-refractivity contribution in [3.05, 3.63) is 29.8 Å². The molecule has 1 aliphatic rings. The van der Waals surface area contributed by atoms with E-state index >= 15 is 0 Å². The van der Waals surface area contributed by atoms with Crippen LogP contribution >= 0.6 is 0 Å². The standard InChI is InChI=1S/C14H20N2O4S/c1-10-8-16(9-11(2)20-10)21(18,19)15-14-6-4-5-13(7-14)12(3)17/h4-7,10-11,15H,8-9H2,1-3H3. The lowest BCUT2D eigenvalue weighted by Crippen LogP contribution is -2.49. The highest BCUT2D eigenvalue weighted by molar-refractivity contribution is 7.90. The summed E-state index contributed by atoms with van der Waals surface area (Å²) >= 11 is 0. The van der Waals surface area contributed by atoms with E-state index in [4.69, 9.17) is 4.74 Å². The van der Waals surface area contributed by atoms with Crippen molar-refractivity contribution in [3.8, 4) is 0 Å². The number of hydrogen-bond acceptors (Lipinski definition) is 4. The van der Waals surface area contributed by atoms with Crippen LogP contribution in [0.4, 0.5) is 5.69 Å². The summed E-state index contributed by atoms with van der Waals surface area (Å²) in [4.78, 5) is 11.3. The third kappa shape index (κ3) is 4.03. The van der Waals surface area contributed by atoms with Gasteiger partial charge in [-0.1, -0.05) is 12.1 Å². The van der Waals surface area contributed by atoms with E-state index in [1.807, 2.05) is 13.8 Å². The molecule has 1 fully saturated rings. The first-order chi connectivity index (χ1) is 9.78. The minimum Gasteiger partial charge on any atom is -0.373 e. The van der Waals surface area contributed by atoms with Crippen molar-refractivity contribution in [1.82, 2.24) is 4.31 Å². The molecular weight excluding hydrogens is 292 g/mol. The average Bonchev–Trinajstić information content (AvgIpc) is 2.37. The number of Topliss-reactive ketones (excluding diaryl/α,β-unsaturated/α-hetero) is 1. The predicted molar refractivity (Wildman–Crippen MR) is 80.6 cm³/mol. The summed E-state index contributed by atoms with van der Waals surface area (Å²) in [6.45, 7) is 5.75. The normalized spacial score (nSPS) is 23.8. The Morgan fingerprint density at radius 1 is 1.29 bits per heavy atom. The number of ether oxygens (including phenoxy) is 1. The Morgan fingerprint density at radius 2 is 1.90 bits per heavy atom. The van der Waals surface area contributed by atoms with Crippen LogP contribution in [0.25, 0.3) is 0 Å². The highest BCUT2D eigenvalue weighted by Crippen LogP contribution is 2.18. The van der Waals surface area contributed by atoms with E-state index in [0.717, 1.165) is 0 Å². The molecule has 1 aliphatic heterocycles. The first kappa shape index (κ1) is 15.9. The Labute approximate surface area is 125 Å². The van der Waals surface area contributed by atoms with Gasteiger partial charge in [0.05, 0.1) is 17.9 Å². The molecule has 0 saturated carbocycles. The van der Waals surface area contributed by atoms with Crippen LogP contribution in [0.1, 0.15) is 31.1 Å². The minimum atomic E-state index is -3.65. The minimum absolute atomic E-state index is 0.107. The molecule has 116 valence electrons. The maximum absolute atomic E-state index is 12.4. The van der Waals surface area contributed by atoms with Crippen LogP contribution in [-0.4, -0.2) is 43.8 Å². The van der Waals surface area contributed by atoms with E-state index in [-0.39, 0.29) is 18.0 Å². The van der Waals surface area contributed by atoms with Crippen molar-refractivity contribution in [2.75, 3.05) is 17.8 Å². The third-order valence-electron chi connectivity index (χ3n) is 3.24. The van der Waals surface area contributed by atoms with Gasteiger partial charge in [-0.25, -0.2) is 0 Å². The summed E-state index contributed by atoms with van der Waals surface area (Å²) in [5.41, 5.74) is 0.855. The van der Waals surface area contributed by atoms with Crippen LogP contribution in [0.2, 0.25) is 0 Å². The maximum Gasteiger partial charge on any atom is 0.301 e. The molecule has 1 N–H and O–H groups in total. The van der Waals surface area contributed by atoms with Gasteiger partial charge in [-0.15, -0.1) is 0 Å². The Morgan fingerprint density at radius 3 is 2.48 bits per heavy atom. The fourth-order valence-corrected chi connectivity index (χ4v) is 3.71. The molecule has 0 radical (unpaired) electrons. The molecule has 0 bridgehead atoms. The lowest BCUT2D eigenvalue weighted by atomic mass is 10.1. The Balaban J connectivity index is 2.17. The van der Waals surface area contributed by atoms with Crippen molar-refractivity contribution in [2.45, 2.75) is 33.0 Å². The van der Waals surface area contributed by atoms with Gasteiger partial charge in [-0.3, -0.25) is 9.52 Å². The molecule has 0 aliphatic carbocycles. The Bertz CT molecular complexity index is 620. The van der Waals surface area contributed by atoms with Gasteiger partial charge in [0.1, 0.15) is 0 Å². The molecule has 1 saturated heterocycles. The van der Waals surface area contributed by atoms with Crippen LogP contribution in [0, 0.1) is 0 Å². The van der Waals surface area contributed by atoms with E-state index in [2.05, 4.69) is 4.72 Å². The lowest BCUT2D eigenvalue weighted by Gasteiger charge is -2.34. The highest BCUT2D eigenvalue weighted by atomic mass is 32.2. The first-order valence-corrected chi connectivity index (χ1v) is 8.26. The number of ketones is 1. The van der Waals surface area contributed by atoms with Gasteiger partial charge in [0.25, 0.3) is 0 Å². The Hall–Kier alpha value is -1.44. The molecule has 7 heteroatoms. The van der Waals surface area contributed by atoms with Crippen LogP contribution in [0.3, 0.4) is 0 Å². The van der Waals surface area contributed by atoms with Crippen molar-refractivity contribution in [2.24, 2.45) is 0 Å². The summed E-state index contributed by atoms with van der Waals surface area (Å²) < 4.78 is 34.2. The highest BCUT2D eigenvalue weighted by Gasteiger charge is 2.31. The quantitative estimate of drug-likeness (QED) is 0.858. The number of anilines is 1. The number of hydrogen-bond donors (Lipinski definition) is 1. The zero-order chi connectivity index (χ0) is 15.6. The van der Waals surface area contributed by atoms with Crippen molar-refractivity contribution in [3.63, 3.8) is 0 Å². The van der Waals surface area contributed by atoms with Gasteiger partial charge in [0.2, 0.25) is 0 Å². The SMILES string of the molecule is CC(=O)c1cccc(NS(=O)(=O)N2CC(C)OC(C)C2)c1. The summed E-state index contributed by atoms with van der Waals surface area (Å²) in [5.74, 6) is -0.107. The number of morpholine rings is 1. The maximum atomic E-state index is 12.4. The van der Waals surface area contributed by atoms with Crippen LogP contribution in [0.15, 0.2) is 24.3 Å². The fourth-order valence-electron chi connectivity index (χ4n) is 2.34. The second kappa shape index (κ2) is 6.13. The van der Waals surface area contributed by atoms with Crippen molar-refractivity contribution < 1.29 is 17.9 Å². The van der Waals surface area contributed by atoms with Crippen molar-refractivity contribution in [1.29, 1.82) is 0 Å².